The minimum Gasteiger partial charge on any atom is -0.314 e. The van der Waals surface area contributed by atoms with E-state index in [-0.39, 0.29) is 5.56 Å². The van der Waals surface area contributed by atoms with Crippen LogP contribution in [0.15, 0.2) is 17.2 Å². The summed E-state index contributed by atoms with van der Waals surface area (Å²) in [5, 5.41) is 4.11. The predicted molar refractivity (Wildman–Crippen MR) is 82.6 cm³/mol. The first-order chi connectivity index (χ1) is 9.78. The van der Waals surface area contributed by atoms with Gasteiger partial charge in [0.25, 0.3) is 5.56 Å². The Balaban J connectivity index is 1.77. The Bertz CT molecular complexity index is 642. The molecule has 0 aliphatic carbocycles. The first-order valence-corrected chi connectivity index (χ1v) is 8.00. The summed E-state index contributed by atoms with van der Waals surface area (Å²) in [5.74, 6) is 0. The highest BCUT2D eigenvalue weighted by Gasteiger charge is 2.11. The molecule has 2 aromatic rings. The molecule has 0 saturated carbocycles. The van der Waals surface area contributed by atoms with E-state index in [1.54, 1.807) is 22.2 Å². The van der Waals surface area contributed by atoms with Gasteiger partial charge in [0.1, 0.15) is 4.83 Å². The van der Waals surface area contributed by atoms with Gasteiger partial charge in [0.05, 0.1) is 11.7 Å². The van der Waals surface area contributed by atoms with E-state index in [2.05, 4.69) is 22.1 Å². The van der Waals surface area contributed by atoms with Gasteiger partial charge < -0.3 is 5.32 Å². The molecule has 108 valence electrons. The zero-order valence-corrected chi connectivity index (χ0v) is 12.6. The number of hydrogen-bond donors (Lipinski definition) is 1. The number of nitrogens with zero attached hydrogens (tertiary/aromatic N) is 3. The van der Waals surface area contributed by atoms with E-state index in [1.165, 1.54) is 4.88 Å². The number of aryl methyl sites for hydroxylation is 1. The number of fused-ring (bicyclic) bond motifs is 1. The van der Waals surface area contributed by atoms with Crippen LogP contribution in [-0.2, 0) is 13.0 Å². The lowest BCUT2D eigenvalue weighted by Gasteiger charge is -2.27. The van der Waals surface area contributed by atoms with Gasteiger partial charge in [-0.15, -0.1) is 11.3 Å². The fraction of sp³-hybridized carbons (Fsp3) is 0.571. The standard InChI is InChI=1S/C14H20N4OS/c1-2-11-9-12-13(20-11)16-10-18(14(12)19)8-7-17-5-3-15-4-6-17/h9-10,15H,2-8H2,1H3. The molecular weight excluding hydrogens is 272 g/mol. The van der Waals surface area contributed by atoms with Crippen LogP contribution in [0.1, 0.15) is 11.8 Å². The lowest BCUT2D eigenvalue weighted by atomic mass is 10.3. The molecular formula is C14H20N4OS. The van der Waals surface area contributed by atoms with Crippen molar-refractivity contribution in [3.05, 3.63) is 27.6 Å². The molecule has 0 bridgehead atoms. The molecule has 0 amide bonds. The molecule has 0 radical (unpaired) electrons. The van der Waals surface area contributed by atoms with Crippen LogP contribution in [0.5, 0.6) is 0 Å². The Morgan fingerprint density at radius 3 is 2.90 bits per heavy atom. The second-order valence-electron chi connectivity index (χ2n) is 5.12. The van der Waals surface area contributed by atoms with Crippen LogP contribution in [0.3, 0.4) is 0 Å². The molecule has 0 unspecified atom stereocenters. The lowest BCUT2D eigenvalue weighted by molar-refractivity contribution is 0.231. The summed E-state index contributed by atoms with van der Waals surface area (Å²) < 4.78 is 1.75. The van der Waals surface area contributed by atoms with Gasteiger partial charge >= 0.3 is 0 Å². The Morgan fingerprint density at radius 2 is 2.15 bits per heavy atom. The van der Waals surface area contributed by atoms with E-state index in [0.717, 1.165) is 55.9 Å². The van der Waals surface area contributed by atoms with Crippen molar-refractivity contribution in [2.75, 3.05) is 32.7 Å². The third kappa shape index (κ3) is 2.77. The van der Waals surface area contributed by atoms with Gasteiger partial charge in [-0.25, -0.2) is 4.98 Å². The van der Waals surface area contributed by atoms with Crippen LogP contribution in [0.25, 0.3) is 10.2 Å². The number of nitrogens with one attached hydrogen (secondary N) is 1. The zero-order valence-electron chi connectivity index (χ0n) is 11.8. The fourth-order valence-electron chi connectivity index (χ4n) is 2.53. The molecule has 1 N–H and O–H groups in total. The Labute approximate surface area is 122 Å². The number of rotatable bonds is 4. The average molecular weight is 292 g/mol. The zero-order chi connectivity index (χ0) is 13.9. The topological polar surface area (TPSA) is 50.2 Å². The van der Waals surface area contributed by atoms with Crippen molar-refractivity contribution >= 4 is 21.6 Å². The monoisotopic (exact) mass is 292 g/mol. The maximum absolute atomic E-state index is 12.4. The second-order valence-corrected chi connectivity index (χ2v) is 6.24. The highest BCUT2D eigenvalue weighted by molar-refractivity contribution is 7.18. The van der Waals surface area contributed by atoms with Crippen molar-refractivity contribution in [2.45, 2.75) is 19.9 Å². The van der Waals surface area contributed by atoms with Crippen LogP contribution >= 0.6 is 11.3 Å². The molecule has 0 atom stereocenters. The Morgan fingerprint density at radius 1 is 1.35 bits per heavy atom. The van der Waals surface area contributed by atoms with Crippen molar-refractivity contribution in [3.63, 3.8) is 0 Å². The van der Waals surface area contributed by atoms with Gasteiger partial charge in [0.15, 0.2) is 0 Å². The number of aromatic nitrogens is 2. The molecule has 20 heavy (non-hydrogen) atoms. The van der Waals surface area contributed by atoms with Gasteiger partial charge in [0.2, 0.25) is 0 Å². The first-order valence-electron chi connectivity index (χ1n) is 7.19. The highest BCUT2D eigenvalue weighted by Crippen LogP contribution is 2.20. The first kappa shape index (κ1) is 13.7. The van der Waals surface area contributed by atoms with E-state index in [1.807, 2.05) is 6.07 Å². The summed E-state index contributed by atoms with van der Waals surface area (Å²) in [7, 11) is 0. The van der Waals surface area contributed by atoms with Crippen LogP contribution in [0, 0.1) is 0 Å². The minimum absolute atomic E-state index is 0.0982. The summed E-state index contributed by atoms with van der Waals surface area (Å²) in [4.78, 5) is 21.3. The molecule has 1 aliphatic rings. The number of hydrogen-bond acceptors (Lipinski definition) is 5. The fourth-order valence-corrected chi connectivity index (χ4v) is 3.45. The lowest BCUT2D eigenvalue weighted by Crippen LogP contribution is -2.45. The summed E-state index contributed by atoms with van der Waals surface area (Å²) in [5.41, 5.74) is 0.0982. The molecule has 1 aliphatic heterocycles. The minimum atomic E-state index is 0.0982. The van der Waals surface area contributed by atoms with E-state index in [9.17, 15) is 4.79 Å². The molecule has 0 spiro atoms. The molecule has 0 aromatic carbocycles. The molecule has 3 heterocycles. The third-order valence-electron chi connectivity index (χ3n) is 3.78. The number of thiophene rings is 1. The van der Waals surface area contributed by atoms with Gasteiger partial charge in [-0.1, -0.05) is 6.92 Å². The van der Waals surface area contributed by atoms with Gasteiger partial charge in [-0.2, -0.15) is 0 Å². The molecule has 6 heteroatoms. The normalized spacial score (nSPS) is 16.9. The van der Waals surface area contributed by atoms with Gasteiger partial charge in [-0.3, -0.25) is 14.3 Å². The summed E-state index contributed by atoms with van der Waals surface area (Å²) in [6, 6.07) is 2.00. The van der Waals surface area contributed by atoms with Crippen molar-refractivity contribution < 1.29 is 0 Å². The Kier molecular flexibility index (Phi) is 4.14. The van der Waals surface area contributed by atoms with Crippen molar-refractivity contribution in [3.8, 4) is 0 Å². The smallest absolute Gasteiger partial charge is 0.262 e. The van der Waals surface area contributed by atoms with Crippen LogP contribution in [-0.4, -0.2) is 47.2 Å². The van der Waals surface area contributed by atoms with Crippen molar-refractivity contribution in [1.82, 2.24) is 19.8 Å². The maximum Gasteiger partial charge on any atom is 0.262 e. The predicted octanol–water partition coefficient (Wildman–Crippen LogP) is 0.926. The van der Waals surface area contributed by atoms with Crippen LogP contribution in [0.2, 0.25) is 0 Å². The van der Waals surface area contributed by atoms with E-state index < -0.39 is 0 Å². The average Bonchev–Trinajstić information content (AvgIpc) is 2.92. The van der Waals surface area contributed by atoms with Crippen molar-refractivity contribution in [1.29, 1.82) is 0 Å². The van der Waals surface area contributed by atoms with Crippen LogP contribution in [0.4, 0.5) is 0 Å². The van der Waals surface area contributed by atoms with E-state index in [0.29, 0.717) is 0 Å². The van der Waals surface area contributed by atoms with Gasteiger partial charge in [-0.05, 0) is 12.5 Å². The molecule has 1 saturated heterocycles. The molecule has 2 aromatic heterocycles. The van der Waals surface area contributed by atoms with Crippen LogP contribution < -0.4 is 10.9 Å². The molecule has 1 fully saturated rings. The summed E-state index contributed by atoms with van der Waals surface area (Å²) >= 11 is 1.62. The maximum atomic E-state index is 12.4. The second kappa shape index (κ2) is 6.03. The number of piperazine rings is 1. The molecule has 3 rings (SSSR count). The largest absolute Gasteiger partial charge is 0.314 e. The summed E-state index contributed by atoms with van der Waals surface area (Å²) in [6.45, 7) is 7.94. The quantitative estimate of drug-likeness (QED) is 0.911. The highest BCUT2D eigenvalue weighted by atomic mass is 32.1. The van der Waals surface area contributed by atoms with E-state index in [4.69, 9.17) is 0 Å². The Hall–Kier alpha value is -1.24. The third-order valence-corrected chi connectivity index (χ3v) is 4.97. The van der Waals surface area contributed by atoms with Gasteiger partial charge in [0, 0.05) is 44.1 Å². The van der Waals surface area contributed by atoms with Crippen molar-refractivity contribution in [2.24, 2.45) is 0 Å². The van der Waals surface area contributed by atoms with E-state index >= 15 is 0 Å². The SMILES string of the molecule is CCc1cc2c(=O)n(CCN3CCNCC3)cnc2s1. The summed E-state index contributed by atoms with van der Waals surface area (Å²) in [6.07, 6.45) is 2.66. The molecule has 5 nitrogen and oxygen atoms in total.